The molecular formula is C12H20P+. The van der Waals surface area contributed by atoms with Gasteiger partial charge in [-0.15, -0.1) is 0 Å². The van der Waals surface area contributed by atoms with Crippen LogP contribution in [0.5, 0.6) is 0 Å². The maximum Gasteiger partial charge on any atom is 0.0920 e. The lowest BCUT2D eigenvalue weighted by molar-refractivity contribution is 1.02. The minimum Gasteiger partial charge on any atom is -0.0620 e. The van der Waals surface area contributed by atoms with Crippen LogP contribution >= 0.6 is 7.92 Å². The molecule has 0 bridgehead atoms. The van der Waals surface area contributed by atoms with Crippen molar-refractivity contribution in [2.75, 3.05) is 0 Å². The second kappa shape index (κ2) is 4.77. The summed E-state index contributed by atoms with van der Waals surface area (Å²) >= 11 is 0. The van der Waals surface area contributed by atoms with E-state index in [0.717, 1.165) is 11.3 Å². The van der Waals surface area contributed by atoms with Crippen molar-refractivity contribution in [1.82, 2.24) is 0 Å². The molecule has 0 N–H and O–H groups in total. The minimum absolute atomic E-state index is 0.356. The molecular weight excluding hydrogens is 175 g/mol. The largest absolute Gasteiger partial charge is 0.0920 e. The Kier molecular flexibility index (Phi) is 3.93. The predicted octanol–water partition coefficient (Wildman–Crippen LogP) is 3.34. The van der Waals surface area contributed by atoms with Crippen LogP contribution in [0.15, 0.2) is 30.3 Å². The van der Waals surface area contributed by atoms with Crippen LogP contribution in [0, 0.1) is 0 Å². The minimum atomic E-state index is -0.356. The Morgan fingerprint density at radius 2 is 1.31 bits per heavy atom. The SMILES string of the molecule is CC(C)[PH+](c1ccccc1)C(C)C. The molecule has 0 atom stereocenters. The standard InChI is InChI=1S/C12H19P/c1-10(2)13(11(3)4)12-8-6-5-7-9-12/h5-11H,1-4H3/p+1. The van der Waals surface area contributed by atoms with E-state index >= 15 is 0 Å². The lowest BCUT2D eigenvalue weighted by Crippen LogP contribution is -2.14. The normalized spacial score (nSPS) is 11.6. The Balaban J connectivity index is 2.89. The topological polar surface area (TPSA) is 0 Å². The molecule has 0 heterocycles. The van der Waals surface area contributed by atoms with E-state index in [1.165, 1.54) is 0 Å². The molecule has 0 fully saturated rings. The van der Waals surface area contributed by atoms with Gasteiger partial charge in [-0.25, -0.2) is 0 Å². The maximum absolute atomic E-state index is 2.35. The Bertz CT molecular complexity index is 231. The summed E-state index contributed by atoms with van der Waals surface area (Å²) < 4.78 is 0. The molecule has 0 aliphatic rings. The summed E-state index contributed by atoms with van der Waals surface area (Å²) in [6.45, 7) is 9.39. The van der Waals surface area contributed by atoms with Gasteiger partial charge in [0.15, 0.2) is 0 Å². The molecule has 0 unspecified atom stereocenters. The molecule has 1 rings (SSSR count). The van der Waals surface area contributed by atoms with Crippen LogP contribution in [-0.2, 0) is 0 Å². The molecule has 0 aliphatic carbocycles. The van der Waals surface area contributed by atoms with Gasteiger partial charge in [-0.3, -0.25) is 0 Å². The van der Waals surface area contributed by atoms with Gasteiger partial charge < -0.3 is 0 Å². The van der Waals surface area contributed by atoms with E-state index in [9.17, 15) is 0 Å². The van der Waals surface area contributed by atoms with Crippen LogP contribution in [-0.4, -0.2) is 11.3 Å². The van der Waals surface area contributed by atoms with Gasteiger partial charge in [-0.1, -0.05) is 18.2 Å². The van der Waals surface area contributed by atoms with E-state index in [1.807, 2.05) is 0 Å². The highest BCUT2D eigenvalue weighted by molar-refractivity contribution is 7.66. The van der Waals surface area contributed by atoms with Crippen LogP contribution in [0.4, 0.5) is 0 Å². The molecule has 1 aromatic carbocycles. The van der Waals surface area contributed by atoms with Crippen molar-refractivity contribution in [3.05, 3.63) is 30.3 Å². The number of rotatable bonds is 3. The molecule has 1 heteroatoms. The zero-order valence-electron chi connectivity index (χ0n) is 9.04. The fraction of sp³-hybridized carbons (Fsp3) is 0.500. The van der Waals surface area contributed by atoms with Gasteiger partial charge in [-0.2, -0.15) is 0 Å². The van der Waals surface area contributed by atoms with Gasteiger partial charge in [0, 0.05) is 7.92 Å². The van der Waals surface area contributed by atoms with Gasteiger partial charge in [0.2, 0.25) is 0 Å². The Morgan fingerprint density at radius 1 is 0.846 bits per heavy atom. The van der Waals surface area contributed by atoms with E-state index in [1.54, 1.807) is 5.30 Å². The van der Waals surface area contributed by atoms with Crippen LogP contribution in [0.25, 0.3) is 0 Å². The lowest BCUT2D eigenvalue weighted by Gasteiger charge is -2.17. The summed E-state index contributed by atoms with van der Waals surface area (Å²) in [6, 6.07) is 11.0. The summed E-state index contributed by atoms with van der Waals surface area (Å²) in [5.41, 5.74) is 1.65. The van der Waals surface area contributed by atoms with Crippen molar-refractivity contribution in [3.8, 4) is 0 Å². The molecule has 0 spiro atoms. The summed E-state index contributed by atoms with van der Waals surface area (Å²) in [5, 5.41) is 1.58. The summed E-state index contributed by atoms with van der Waals surface area (Å²) in [7, 11) is -0.356. The molecule has 72 valence electrons. The predicted molar refractivity (Wildman–Crippen MR) is 64.7 cm³/mol. The fourth-order valence-electron chi connectivity index (χ4n) is 1.96. The van der Waals surface area contributed by atoms with Gasteiger partial charge >= 0.3 is 0 Å². The van der Waals surface area contributed by atoms with E-state index in [4.69, 9.17) is 0 Å². The maximum atomic E-state index is 2.35. The first kappa shape index (κ1) is 10.7. The van der Waals surface area contributed by atoms with Crippen molar-refractivity contribution in [2.24, 2.45) is 0 Å². The van der Waals surface area contributed by atoms with Crippen molar-refractivity contribution < 1.29 is 0 Å². The molecule has 0 saturated carbocycles. The van der Waals surface area contributed by atoms with Gasteiger partial charge in [-0.05, 0) is 39.8 Å². The van der Waals surface area contributed by atoms with E-state index in [0.29, 0.717) is 0 Å². The monoisotopic (exact) mass is 195 g/mol. The Hall–Kier alpha value is -0.350. The first-order valence-corrected chi connectivity index (χ1v) is 6.70. The van der Waals surface area contributed by atoms with Crippen molar-refractivity contribution in [3.63, 3.8) is 0 Å². The third kappa shape index (κ3) is 2.81. The van der Waals surface area contributed by atoms with Gasteiger partial charge in [0.1, 0.15) is 0 Å². The van der Waals surface area contributed by atoms with Gasteiger partial charge in [0.25, 0.3) is 0 Å². The number of hydrogen-bond acceptors (Lipinski definition) is 0. The molecule has 0 aromatic heterocycles. The van der Waals surface area contributed by atoms with Crippen LogP contribution in [0.2, 0.25) is 0 Å². The van der Waals surface area contributed by atoms with Crippen molar-refractivity contribution in [1.29, 1.82) is 0 Å². The number of hydrogen-bond donors (Lipinski definition) is 0. The Labute approximate surface area is 83.1 Å². The van der Waals surface area contributed by atoms with Crippen molar-refractivity contribution >= 4 is 13.2 Å². The molecule has 0 aliphatic heterocycles. The quantitative estimate of drug-likeness (QED) is 0.649. The average Bonchev–Trinajstić information content (AvgIpc) is 2.04. The Morgan fingerprint density at radius 3 is 1.69 bits per heavy atom. The first-order valence-electron chi connectivity index (χ1n) is 5.05. The van der Waals surface area contributed by atoms with E-state index in [-0.39, 0.29) is 7.92 Å². The summed E-state index contributed by atoms with van der Waals surface area (Å²) in [4.78, 5) is 0. The lowest BCUT2D eigenvalue weighted by atomic mass is 10.4. The van der Waals surface area contributed by atoms with Crippen molar-refractivity contribution in [2.45, 2.75) is 39.0 Å². The van der Waals surface area contributed by atoms with E-state index in [2.05, 4.69) is 58.0 Å². The van der Waals surface area contributed by atoms with E-state index < -0.39 is 0 Å². The molecule has 0 nitrogen and oxygen atoms in total. The number of benzene rings is 1. The average molecular weight is 195 g/mol. The highest BCUT2D eigenvalue weighted by Crippen LogP contribution is 2.44. The molecule has 0 radical (unpaired) electrons. The third-order valence-electron chi connectivity index (χ3n) is 2.35. The fourth-order valence-corrected chi connectivity index (χ4v) is 5.21. The first-order chi connectivity index (χ1) is 6.13. The van der Waals surface area contributed by atoms with Crippen LogP contribution in [0.3, 0.4) is 0 Å². The third-order valence-corrected chi connectivity index (χ3v) is 5.84. The highest BCUT2D eigenvalue weighted by Gasteiger charge is 2.26. The molecule has 0 saturated heterocycles. The highest BCUT2D eigenvalue weighted by atomic mass is 31.1. The van der Waals surface area contributed by atoms with Gasteiger partial charge in [0.05, 0.1) is 16.6 Å². The molecule has 13 heavy (non-hydrogen) atoms. The zero-order chi connectivity index (χ0) is 9.84. The van der Waals surface area contributed by atoms with Crippen LogP contribution in [0.1, 0.15) is 27.7 Å². The zero-order valence-corrected chi connectivity index (χ0v) is 10.0. The molecule has 0 amide bonds. The smallest absolute Gasteiger partial charge is 0.0620 e. The molecule has 1 aromatic rings. The summed E-state index contributed by atoms with van der Waals surface area (Å²) in [5.74, 6) is 0. The summed E-state index contributed by atoms with van der Waals surface area (Å²) in [6.07, 6.45) is 0. The second-order valence-corrected chi connectivity index (χ2v) is 7.93. The van der Waals surface area contributed by atoms with Crippen LogP contribution < -0.4 is 5.30 Å². The second-order valence-electron chi connectivity index (χ2n) is 4.13.